The van der Waals surface area contributed by atoms with Gasteiger partial charge in [-0.3, -0.25) is 9.59 Å². The maximum absolute atomic E-state index is 12.5. The predicted molar refractivity (Wildman–Crippen MR) is 144 cm³/mol. The molecule has 2 aromatic rings. The van der Waals surface area contributed by atoms with Crippen LogP contribution in [-0.2, 0) is 9.59 Å². The number of piperazine rings is 1. The maximum atomic E-state index is 12.5. The molecule has 8 heteroatoms. The van der Waals surface area contributed by atoms with Crippen LogP contribution in [0.15, 0.2) is 42.5 Å². The van der Waals surface area contributed by atoms with Crippen molar-refractivity contribution in [1.29, 1.82) is 0 Å². The van der Waals surface area contributed by atoms with Gasteiger partial charge in [0.25, 0.3) is 0 Å². The van der Waals surface area contributed by atoms with Crippen molar-refractivity contribution in [1.82, 2.24) is 10.2 Å². The largest absolute Gasteiger partial charge is 0.493 e. The van der Waals surface area contributed by atoms with Crippen LogP contribution in [0.5, 0.6) is 11.5 Å². The van der Waals surface area contributed by atoms with Crippen molar-refractivity contribution in [3.05, 3.63) is 48.0 Å². The lowest BCUT2D eigenvalue weighted by atomic mass is 10.1. The molecule has 1 atom stereocenters. The van der Waals surface area contributed by atoms with Crippen molar-refractivity contribution >= 4 is 23.2 Å². The Morgan fingerprint density at radius 3 is 2.31 bits per heavy atom. The van der Waals surface area contributed by atoms with Crippen molar-refractivity contribution in [2.24, 2.45) is 0 Å². The first kappa shape index (κ1) is 27.3. The minimum Gasteiger partial charge on any atom is -0.493 e. The number of ether oxygens (including phenoxy) is 2. The second kappa shape index (κ2) is 13.7. The molecule has 0 spiro atoms. The van der Waals surface area contributed by atoms with Gasteiger partial charge in [-0.25, -0.2) is 0 Å². The van der Waals surface area contributed by atoms with Crippen molar-refractivity contribution < 1.29 is 19.1 Å². The van der Waals surface area contributed by atoms with Crippen LogP contribution in [0.3, 0.4) is 0 Å². The topological polar surface area (TPSA) is 83.1 Å². The first-order valence-electron chi connectivity index (χ1n) is 12.9. The highest BCUT2D eigenvalue weighted by atomic mass is 16.5. The lowest BCUT2D eigenvalue weighted by Gasteiger charge is -2.35. The van der Waals surface area contributed by atoms with Gasteiger partial charge in [0.1, 0.15) is 0 Å². The fourth-order valence-corrected chi connectivity index (χ4v) is 4.22. The number of nitrogens with zero attached hydrogens (tertiary/aromatic N) is 2. The molecule has 1 aliphatic heterocycles. The van der Waals surface area contributed by atoms with Gasteiger partial charge in [0.05, 0.1) is 19.8 Å². The van der Waals surface area contributed by atoms with E-state index < -0.39 is 11.8 Å². The van der Waals surface area contributed by atoms with Gasteiger partial charge in [-0.15, -0.1) is 0 Å². The quantitative estimate of drug-likeness (QED) is 0.358. The van der Waals surface area contributed by atoms with E-state index in [9.17, 15) is 9.59 Å². The number of amides is 2. The van der Waals surface area contributed by atoms with Gasteiger partial charge in [-0.05, 0) is 61.9 Å². The van der Waals surface area contributed by atoms with Gasteiger partial charge in [-0.1, -0.05) is 32.8 Å². The van der Waals surface area contributed by atoms with Crippen LogP contribution in [0.1, 0.15) is 51.6 Å². The summed E-state index contributed by atoms with van der Waals surface area (Å²) < 4.78 is 11.3. The molecular weight excluding hydrogens is 456 g/mol. The number of carbonyl (C=O) groups excluding carboxylic acids is 2. The zero-order chi connectivity index (χ0) is 25.9. The van der Waals surface area contributed by atoms with E-state index >= 15 is 0 Å². The summed E-state index contributed by atoms with van der Waals surface area (Å²) in [6.45, 7) is 11.9. The first-order chi connectivity index (χ1) is 17.4. The Balaban J connectivity index is 1.51. The van der Waals surface area contributed by atoms with Gasteiger partial charge in [0.2, 0.25) is 0 Å². The number of carbonyl (C=O) groups is 2. The molecule has 3 rings (SSSR count). The van der Waals surface area contributed by atoms with Gasteiger partial charge in [0.15, 0.2) is 11.5 Å². The molecule has 2 aromatic carbocycles. The highest BCUT2D eigenvalue weighted by Gasteiger charge is 2.19. The summed E-state index contributed by atoms with van der Waals surface area (Å²) in [5.74, 6) is -0.120. The molecule has 2 amide bonds. The molecule has 0 bridgehead atoms. The van der Waals surface area contributed by atoms with E-state index in [-0.39, 0.29) is 6.04 Å². The second-order valence-electron chi connectivity index (χ2n) is 9.08. The third-order valence-electron chi connectivity index (χ3n) is 6.56. The van der Waals surface area contributed by atoms with Gasteiger partial charge < -0.3 is 29.9 Å². The van der Waals surface area contributed by atoms with Crippen molar-refractivity contribution in [3.63, 3.8) is 0 Å². The molecule has 0 aliphatic carbocycles. The zero-order valence-corrected chi connectivity index (χ0v) is 22.0. The number of methoxy groups -OCH3 is 1. The number of unbranched alkanes of at least 4 members (excludes halogenated alkanes) is 2. The molecular formula is C28H40N4O4. The normalized spacial score (nSPS) is 14.7. The fourth-order valence-electron chi connectivity index (χ4n) is 4.22. The summed E-state index contributed by atoms with van der Waals surface area (Å²) in [6.07, 6.45) is 3.24. The Kier molecular flexibility index (Phi) is 10.4. The molecule has 1 aliphatic rings. The molecule has 1 heterocycles. The highest BCUT2D eigenvalue weighted by molar-refractivity contribution is 6.39. The van der Waals surface area contributed by atoms with Crippen LogP contribution < -0.4 is 25.0 Å². The van der Waals surface area contributed by atoms with Crippen molar-refractivity contribution in [3.8, 4) is 11.5 Å². The molecule has 36 heavy (non-hydrogen) atoms. The van der Waals surface area contributed by atoms with Crippen LogP contribution in [-0.4, -0.2) is 63.2 Å². The molecule has 1 fully saturated rings. The minimum atomic E-state index is -0.700. The Morgan fingerprint density at radius 2 is 1.67 bits per heavy atom. The van der Waals surface area contributed by atoms with Crippen LogP contribution in [0.25, 0.3) is 0 Å². The summed E-state index contributed by atoms with van der Waals surface area (Å²) >= 11 is 0. The smallest absolute Gasteiger partial charge is 0.313 e. The molecule has 0 radical (unpaired) electrons. The lowest BCUT2D eigenvalue weighted by Crippen LogP contribution is -2.46. The van der Waals surface area contributed by atoms with Crippen molar-refractivity contribution in [2.75, 3.05) is 56.7 Å². The number of benzene rings is 2. The second-order valence-corrected chi connectivity index (χ2v) is 9.08. The average Bonchev–Trinajstić information content (AvgIpc) is 2.91. The molecule has 1 saturated heterocycles. The molecule has 8 nitrogen and oxygen atoms in total. The van der Waals surface area contributed by atoms with Gasteiger partial charge >= 0.3 is 11.8 Å². The fraction of sp³-hybridized carbons (Fsp3) is 0.500. The molecule has 0 saturated carbocycles. The van der Waals surface area contributed by atoms with E-state index in [4.69, 9.17) is 9.47 Å². The highest BCUT2D eigenvalue weighted by Crippen LogP contribution is 2.30. The van der Waals surface area contributed by atoms with E-state index in [1.54, 1.807) is 7.11 Å². The first-order valence-corrected chi connectivity index (χ1v) is 12.9. The number of rotatable bonds is 11. The number of anilines is 2. The van der Waals surface area contributed by atoms with Crippen molar-refractivity contribution in [2.45, 2.75) is 46.1 Å². The molecule has 2 N–H and O–H groups in total. The van der Waals surface area contributed by atoms with E-state index in [0.29, 0.717) is 23.8 Å². The monoisotopic (exact) mass is 496 g/mol. The number of hydrogen-bond donors (Lipinski definition) is 2. The lowest BCUT2D eigenvalue weighted by molar-refractivity contribution is -0.136. The van der Waals surface area contributed by atoms with Crippen LogP contribution in [0.4, 0.5) is 11.4 Å². The number of nitrogens with one attached hydrogen (secondary N) is 2. The molecule has 0 aromatic heterocycles. The Labute approximate surface area is 214 Å². The SMILES string of the molecule is CCCCCOc1ccc([C@@H](C)NC(=O)C(=O)Nc2ccc(N3CCN(CC)CC3)cc2)cc1OC. The summed E-state index contributed by atoms with van der Waals surface area (Å²) in [5.41, 5.74) is 2.53. The molecule has 0 unspecified atom stereocenters. The van der Waals surface area contributed by atoms with Gasteiger partial charge in [-0.2, -0.15) is 0 Å². The van der Waals surface area contributed by atoms with Crippen LogP contribution in [0.2, 0.25) is 0 Å². The summed E-state index contributed by atoms with van der Waals surface area (Å²) in [4.78, 5) is 29.8. The minimum absolute atomic E-state index is 0.379. The average molecular weight is 497 g/mol. The summed E-state index contributed by atoms with van der Waals surface area (Å²) in [7, 11) is 1.59. The van der Waals surface area contributed by atoms with E-state index in [1.807, 2.05) is 49.4 Å². The molecule has 196 valence electrons. The zero-order valence-electron chi connectivity index (χ0n) is 22.0. The van der Waals surface area contributed by atoms with E-state index in [2.05, 4.69) is 34.3 Å². The predicted octanol–water partition coefficient (Wildman–Crippen LogP) is 4.22. The third-order valence-corrected chi connectivity index (χ3v) is 6.56. The Hall–Kier alpha value is -3.26. The Bertz CT molecular complexity index is 988. The standard InChI is InChI=1S/C28H40N4O4/c1-5-7-8-19-36-25-14-9-22(20-26(25)35-4)21(3)29-27(33)28(34)30-23-10-12-24(13-11-23)32-17-15-31(6-2)16-18-32/h9-14,20-21H,5-8,15-19H2,1-4H3,(H,29,33)(H,30,34)/t21-/m1/s1. The Morgan fingerprint density at radius 1 is 0.944 bits per heavy atom. The maximum Gasteiger partial charge on any atom is 0.313 e. The summed E-state index contributed by atoms with van der Waals surface area (Å²) in [6, 6.07) is 12.8. The van der Waals surface area contributed by atoms with Gasteiger partial charge in [0, 0.05) is 37.6 Å². The number of hydrogen-bond acceptors (Lipinski definition) is 6. The third kappa shape index (κ3) is 7.62. The van der Waals surface area contributed by atoms with Crippen LogP contribution >= 0.6 is 0 Å². The summed E-state index contributed by atoms with van der Waals surface area (Å²) in [5, 5.41) is 5.45. The van der Waals surface area contributed by atoms with E-state index in [1.165, 1.54) is 0 Å². The van der Waals surface area contributed by atoms with E-state index in [0.717, 1.165) is 63.2 Å². The number of likely N-dealkylation sites (N-methyl/N-ethyl adjacent to an activating group) is 1. The van der Waals surface area contributed by atoms with Crippen LogP contribution in [0, 0.1) is 0 Å².